The first-order valence-corrected chi connectivity index (χ1v) is 12.2. The molecule has 2 aromatic carbocycles. The Morgan fingerprint density at radius 1 is 1.11 bits per heavy atom. The lowest BCUT2D eigenvalue weighted by Gasteiger charge is -2.32. The fourth-order valence-corrected chi connectivity index (χ4v) is 4.54. The Bertz CT molecular complexity index is 1590. The van der Waals surface area contributed by atoms with Crippen molar-refractivity contribution in [2.45, 2.75) is 45.4 Å². The van der Waals surface area contributed by atoms with E-state index in [2.05, 4.69) is 25.4 Å². The summed E-state index contributed by atoms with van der Waals surface area (Å²) in [4.78, 5) is 18.7. The van der Waals surface area contributed by atoms with Gasteiger partial charge in [0.2, 0.25) is 0 Å². The minimum atomic E-state index is -0.668. The maximum absolute atomic E-state index is 13.7. The molecular formula is C28H29FN6O3. The van der Waals surface area contributed by atoms with Gasteiger partial charge in [-0.15, -0.1) is 5.10 Å². The summed E-state index contributed by atoms with van der Waals surface area (Å²) >= 11 is 0. The number of methoxy groups -OCH3 is 1. The van der Waals surface area contributed by atoms with Crippen molar-refractivity contribution in [1.82, 2.24) is 30.1 Å². The molecule has 5 rings (SSSR count). The van der Waals surface area contributed by atoms with Gasteiger partial charge in [-0.1, -0.05) is 12.1 Å². The Hall–Kier alpha value is -4.31. The smallest absolute Gasteiger partial charge is 0.253 e. The van der Waals surface area contributed by atoms with Crippen LogP contribution in [-0.4, -0.2) is 37.2 Å². The fraction of sp³-hybridized carbons (Fsp3) is 0.286. The van der Waals surface area contributed by atoms with Crippen LogP contribution in [0.1, 0.15) is 49.5 Å². The molecule has 0 saturated carbocycles. The number of halogens is 1. The maximum Gasteiger partial charge on any atom is 0.253 e. The van der Waals surface area contributed by atoms with Gasteiger partial charge in [0.25, 0.3) is 5.56 Å². The maximum atomic E-state index is 13.7. The van der Waals surface area contributed by atoms with E-state index in [0.717, 1.165) is 10.9 Å². The van der Waals surface area contributed by atoms with Crippen molar-refractivity contribution in [3.8, 4) is 5.75 Å². The van der Waals surface area contributed by atoms with Crippen LogP contribution in [0.5, 0.6) is 5.75 Å². The number of nitrogens with one attached hydrogen (secondary N) is 1. The van der Waals surface area contributed by atoms with Gasteiger partial charge in [0.15, 0.2) is 5.82 Å². The van der Waals surface area contributed by atoms with Crippen LogP contribution in [-0.2, 0) is 18.6 Å². The Morgan fingerprint density at radius 3 is 2.58 bits per heavy atom. The Morgan fingerprint density at radius 2 is 1.89 bits per heavy atom. The summed E-state index contributed by atoms with van der Waals surface area (Å²) in [5.41, 5.74) is 1.27. The molecule has 0 bridgehead atoms. The van der Waals surface area contributed by atoms with Crippen molar-refractivity contribution in [2.24, 2.45) is 0 Å². The van der Waals surface area contributed by atoms with Gasteiger partial charge in [0, 0.05) is 23.0 Å². The molecule has 3 heterocycles. The number of aromatic amines is 1. The molecular weight excluding hydrogens is 487 g/mol. The topological polar surface area (TPSA) is 102 Å². The number of fused-ring (bicyclic) bond motifs is 1. The van der Waals surface area contributed by atoms with E-state index in [4.69, 9.17) is 9.15 Å². The molecule has 0 aliphatic carbocycles. The lowest BCUT2D eigenvalue weighted by atomic mass is 10.0. The Kier molecular flexibility index (Phi) is 6.81. The summed E-state index contributed by atoms with van der Waals surface area (Å²) in [6.07, 6.45) is 1.61. The molecule has 1 N–H and O–H groups in total. The molecule has 9 nitrogen and oxygen atoms in total. The first kappa shape index (κ1) is 25.3. The first-order chi connectivity index (χ1) is 18.2. The van der Waals surface area contributed by atoms with Gasteiger partial charge >= 0.3 is 0 Å². The molecule has 1 atom stereocenters. The number of tetrazole rings is 1. The third-order valence-corrected chi connectivity index (χ3v) is 6.35. The standard InChI is InChI=1S/C28H29FN6O3/c1-28(2,3)35-26(31-32-33-35)25(23-15-19-14-21(37-4)11-12-24(19)30-27(23)36)34(17-22-6-5-13-38-22)16-18-7-9-20(29)10-8-18/h5-15,25H,16-17H2,1-4H3,(H,30,36)/t25-/m0/s1. The molecule has 38 heavy (non-hydrogen) atoms. The van der Waals surface area contributed by atoms with Gasteiger partial charge < -0.3 is 14.1 Å². The normalized spacial score (nSPS) is 12.8. The van der Waals surface area contributed by atoms with Gasteiger partial charge in [-0.25, -0.2) is 9.07 Å². The van der Waals surface area contributed by atoms with Crippen LogP contribution < -0.4 is 10.3 Å². The van der Waals surface area contributed by atoms with Gasteiger partial charge in [0.1, 0.15) is 23.4 Å². The van der Waals surface area contributed by atoms with Crippen molar-refractivity contribution in [2.75, 3.05) is 7.11 Å². The van der Waals surface area contributed by atoms with Gasteiger partial charge in [-0.2, -0.15) is 0 Å². The highest BCUT2D eigenvalue weighted by atomic mass is 19.1. The minimum Gasteiger partial charge on any atom is -0.497 e. The summed E-state index contributed by atoms with van der Waals surface area (Å²) in [5.74, 6) is 1.55. The highest BCUT2D eigenvalue weighted by Crippen LogP contribution is 2.32. The minimum absolute atomic E-state index is 0.264. The molecule has 0 aliphatic heterocycles. The molecule has 196 valence electrons. The Balaban J connectivity index is 1.72. The van der Waals surface area contributed by atoms with E-state index in [1.807, 2.05) is 51.1 Å². The van der Waals surface area contributed by atoms with E-state index in [0.29, 0.717) is 41.5 Å². The van der Waals surface area contributed by atoms with Gasteiger partial charge in [-0.3, -0.25) is 9.69 Å². The number of pyridine rings is 1. The van der Waals surface area contributed by atoms with Crippen LogP contribution in [0, 0.1) is 5.82 Å². The number of furan rings is 1. The number of H-pyrrole nitrogens is 1. The van der Waals surface area contributed by atoms with E-state index in [1.54, 1.807) is 36.3 Å². The van der Waals surface area contributed by atoms with Crippen molar-refractivity contribution < 1.29 is 13.5 Å². The van der Waals surface area contributed by atoms with Gasteiger partial charge in [0.05, 0.1) is 25.5 Å². The van der Waals surface area contributed by atoms with E-state index >= 15 is 0 Å². The van der Waals surface area contributed by atoms with E-state index in [-0.39, 0.29) is 11.4 Å². The molecule has 0 saturated heterocycles. The summed E-state index contributed by atoms with van der Waals surface area (Å²) in [6, 6.07) is 16.6. The molecule has 0 unspecified atom stereocenters. The highest BCUT2D eigenvalue weighted by molar-refractivity contribution is 5.80. The number of hydrogen-bond donors (Lipinski definition) is 1. The predicted octanol–water partition coefficient (Wildman–Crippen LogP) is 4.80. The number of rotatable bonds is 8. The molecule has 0 fully saturated rings. The zero-order chi connectivity index (χ0) is 26.9. The van der Waals surface area contributed by atoms with Crippen molar-refractivity contribution in [1.29, 1.82) is 0 Å². The first-order valence-electron chi connectivity index (χ1n) is 12.2. The van der Waals surface area contributed by atoms with Crippen LogP contribution >= 0.6 is 0 Å². The van der Waals surface area contributed by atoms with Crippen molar-refractivity contribution in [3.05, 3.63) is 106 Å². The number of aromatic nitrogens is 5. The third-order valence-electron chi connectivity index (χ3n) is 6.35. The summed E-state index contributed by atoms with van der Waals surface area (Å²) in [6.45, 7) is 6.71. The van der Waals surface area contributed by atoms with E-state index < -0.39 is 11.6 Å². The summed E-state index contributed by atoms with van der Waals surface area (Å²) in [7, 11) is 1.60. The number of benzene rings is 2. The van der Waals surface area contributed by atoms with Crippen LogP contribution in [0.15, 0.2) is 76.1 Å². The van der Waals surface area contributed by atoms with Crippen LogP contribution in [0.25, 0.3) is 10.9 Å². The fourth-order valence-electron chi connectivity index (χ4n) is 4.54. The second-order valence-corrected chi connectivity index (χ2v) is 10.1. The van der Waals surface area contributed by atoms with Crippen LogP contribution in [0.2, 0.25) is 0 Å². The van der Waals surface area contributed by atoms with Crippen LogP contribution in [0.3, 0.4) is 0 Å². The monoisotopic (exact) mass is 516 g/mol. The quantitative estimate of drug-likeness (QED) is 0.316. The molecule has 0 radical (unpaired) electrons. The largest absolute Gasteiger partial charge is 0.497 e. The average Bonchev–Trinajstić information content (AvgIpc) is 3.58. The molecule has 0 amide bonds. The lowest BCUT2D eigenvalue weighted by molar-refractivity contribution is 0.171. The zero-order valence-corrected chi connectivity index (χ0v) is 21.7. The second-order valence-electron chi connectivity index (χ2n) is 10.1. The number of ether oxygens (including phenoxy) is 1. The number of hydrogen-bond acceptors (Lipinski definition) is 7. The van der Waals surface area contributed by atoms with E-state index in [1.165, 1.54) is 12.1 Å². The highest BCUT2D eigenvalue weighted by Gasteiger charge is 2.34. The lowest BCUT2D eigenvalue weighted by Crippen LogP contribution is -2.37. The molecule has 3 aromatic heterocycles. The molecule has 5 aromatic rings. The molecule has 0 aliphatic rings. The summed E-state index contributed by atoms with van der Waals surface area (Å²) in [5, 5.41) is 13.5. The number of nitrogens with zero attached hydrogens (tertiary/aromatic N) is 5. The third kappa shape index (κ3) is 5.21. The van der Waals surface area contributed by atoms with E-state index in [9.17, 15) is 9.18 Å². The van der Waals surface area contributed by atoms with Crippen molar-refractivity contribution in [3.63, 3.8) is 0 Å². The average molecular weight is 517 g/mol. The zero-order valence-electron chi connectivity index (χ0n) is 21.7. The Labute approximate surface area is 218 Å². The molecule has 0 spiro atoms. The SMILES string of the molecule is COc1ccc2[nH]c(=O)c([C@@H](c3nnnn3C(C)(C)C)N(Cc3ccc(F)cc3)Cc3ccco3)cc2c1. The van der Waals surface area contributed by atoms with Crippen LogP contribution in [0.4, 0.5) is 4.39 Å². The molecule has 10 heteroatoms. The van der Waals surface area contributed by atoms with Gasteiger partial charge in [-0.05, 0) is 85.3 Å². The summed E-state index contributed by atoms with van der Waals surface area (Å²) < 4.78 is 26.5. The van der Waals surface area contributed by atoms with Crippen molar-refractivity contribution >= 4 is 10.9 Å². The predicted molar refractivity (Wildman–Crippen MR) is 140 cm³/mol. The second kappa shape index (κ2) is 10.2.